The molecule has 1 aromatic carbocycles. The second-order valence-electron chi connectivity index (χ2n) is 6.47. The monoisotopic (exact) mass is 327 g/mol. The van der Waals surface area contributed by atoms with Crippen molar-refractivity contribution in [2.24, 2.45) is 5.92 Å². The normalized spacial score (nSPS) is 18.2. The summed E-state index contributed by atoms with van der Waals surface area (Å²) in [6.07, 6.45) is 3.47. The van der Waals surface area contributed by atoms with Gasteiger partial charge in [0.05, 0.1) is 18.8 Å². The van der Waals surface area contributed by atoms with Gasteiger partial charge in [-0.1, -0.05) is 30.3 Å². The maximum atomic E-state index is 9.98. The summed E-state index contributed by atoms with van der Waals surface area (Å²) < 4.78 is 5.47. The van der Waals surface area contributed by atoms with Crippen molar-refractivity contribution in [3.05, 3.63) is 35.9 Å². The molecule has 1 atom stereocenters. The van der Waals surface area contributed by atoms with Gasteiger partial charge in [0, 0.05) is 6.54 Å². The zero-order valence-corrected chi connectivity index (χ0v) is 14.6. The van der Waals surface area contributed by atoms with Crippen LogP contribution in [0.15, 0.2) is 30.3 Å². The molecule has 1 aromatic rings. The van der Waals surface area contributed by atoms with Crippen LogP contribution in [0.4, 0.5) is 0 Å². The summed E-state index contributed by atoms with van der Waals surface area (Å²) in [5.41, 5.74) is 1.45. The van der Waals surface area contributed by atoms with Crippen LogP contribution in [0.3, 0.4) is 0 Å². The number of β-amino-alcohol motifs (C(OH)–C–C–N with tert-alkyl or cyclic N) is 1. The average Bonchev–Trinajstić information content (AvgIpc) is 2.48. The zero-order chi connectivity index (χ0) is 15.1. The molecule has 1 saturated heterocycles. The Balaban J connectivity index is 0.00000242. The molecule has 0 aliphatic carbocycles. The molecule has 1 N–H and O–H groups in total. The largest absolute Gasteiger partial charge is 0.389 e. The summed E-state index contributed by atoms with van der Waals surface area (Å²) >= 11 is 0. The number of halogens is 1. The quantitative estimate of drug-likeness (QED) is 0.835. The topological polar surface area (TPSA) is 32.7 Å². The third-order valence-electron chi connectivity index (χ3n) is 4.17. The summed E-state index contributed by atoms with van der Waals surface area (Å²) in [7, 11) is 0. The van der Waals surface area contributed by atoms with Gasteiger partial charge in [0.1, 0.15) is 0 Å². The molecule has 2 rings (SSSR count). The smallest absolute Gasteiger partial charge is 0.0900 e. The maximum Gasteiger partial charge on any atom is 0.0900 e. The Labute approximate surface area is 141 Å². The minimum Gasteiger partial charge on any atom is -0.389 e. The summed E-state index contributed by atoms with van der Waals surface area (Å²) in [5, 5.41) is 9.98. The summed E-state index contributed by atoms with van der Waals surface area (Å²) in [5.74, 6) is 0.785. The number of aliphatic hydroxyl groups excluding tert-OH is 1. The molecular weight excluding hydrogens is 298 g/mol. The first kappa shape index (κ1) is 19.4. The van der Waals surface area contributed by atoms with E-state index in [2.05, 4.69) is 35.2 Å². The Morgan fingerprint density at radius 1 is 1.18 bits per heavy atom. The van der Waals surface area contributed by atoms with Crippen LogP contribution in [0, 0.1) is 5.92 Å². The van der Waals surface area contributed by atoms with Gasteiger partial charge in [-0.25, -0.2) is 0 Å². The van der Waals surface area contributed by atoms with Crippen LogP contribution in [0.5, 0.6) is 0 Å². The van der Waals surface area contributed by atoms with E-state index in [-0.39, 0.29) is 24.6 Å². The second-order valence-corrected chi connectivity index (χ2v) is 6.47. The molecule has 0 radical (unpaired) electrons. The van der Waals surface area contributed by atoms with E-state index in [1.165, 1.54) is 24.8 Å². The van der Waals surface area contributed by atoms with Gasteiger partial charge in [0.2, 0.25) is 0 Å². The Kier molecular flexibility index (Phi) is 9.03. The molecule has 0 bridgehead atoms. The van der Waals surface area contributed by atoms with Crippen LogP contribution in [0.25, 0.3) is 0 Å². The van der Waals surface area contributed by atoms with Crippen molar-refractivity contribution < 1.29 is 9.84 Å². The third kappa shape index (κ3) is 7.10. The standard InChI is InChI=1S/C18H29NO2.ClH/c1-15(2)21-14-18(20)13-19-10-8-17(9-11-19)12-16-6-4-3-5-7-16;/h3-7,15,17-18,20H,8-14H2,1-2H3;1H. The predicted molar refractivity (Wildman–Crippen MR) is 93.7 cm³/mol. The Hall–Kier alpha value is -0.610. The highest BCUT2D eigenvalue weighted by atomic mass is 35.5. The van der Waals surface area contributed by atoms with Crippen molar-refractivity contribution in [1.82, 2.24) is 4.90 Å². The lowest BCUT2D eigenvalue weighted by molar-refractivity contribution is -0.0124. The molecule has 0 saturated carbocycles. The minimum absolute atomic E-state index is 0. The van der Waals surface area contributed by atoms with Gasteiger partial charge in [-0.15, -0.1) is 12.4 Å². The van der Waals surface area contributed by atoms with E-state index in [1.54, 1.807) is 0 Å². The van der Waals surface area contributed by atoms with E-state index >= 15 is 0 Å². The molecule has 4 heteroatoms. The third-order valence-corrected chi connectivity index (χ3v) is 4.17. The molecule has 1 heterocycles. The SMILES string of the molecule is CC(C)OCC(O)CN1CCC(Cc2ccccc2)CC1.Cl. The lowest BCUT2D eigenvalue weighted by Gasteiger charge is -2.33. The van der Waals surface area contributed by atoms with Crippen LogP contribution in [0.2, 0.25) is 0 Å². The fourth-order valence-corrected chi connectivity index (χ4v) is 2.97. The van der Waals surface area contributed by atoms with E-state index in [1.807, 2.05) is 13.8 Å². The minimum atomic E-state index is -0.363. The molecule has 22 heavy (non-hydrogen) atoms. The fourth-order valence-electron chi connectivity index (χ4n) is 2.97. The number of nitrogens with zero attached hydrogens (tertiary/aromatic N) is 1. The van der Waals surface area contributed by atoms with Gasteiger partial charge in [-0.2, -0.15) is 0 Å². The first-order valence-corrected chi connectivity index (χ1v) is 8.19. The number of hydrogen-bond acceptors (Lipinski definition) is 3. The van der Waals surface area contributed by atoms with Crippen molar-refractivity contribution in [2.75, 3.05) is 26.2 Å². The molecule has 1 aliphatic heterocycles. The first-order valence-electron chi connectivity index (χ1n) is 8.19. The number of likely N-dealkylation sites (tertiary alicyclic amines) is 1. The van der Waals surface area contributed by atoms with Crippen LogP contribution in [-0.4, -0.2) is 48.5 Å². The highest BCUT2D eigenvalue weighted by molar-refractivity contribution is 5.85. The molecule has 126 valence electrons. The average molecular weight is 328 g/mol. The van der Waals surface area contributed by atoms with E-state index in [9.17, 15) is 5.11 Å². The molecule has 1 unspecified atom stereocenters. The van der Waals surface area contributed by atoms with Crippen molar-refractivity contribution in [3.8, 4) is 0 Å². The Bertz CT molecular complexity index is 391. The van der Waals surface area contributed by atoms with Crippen LogP contribution in [0.1, 0.15) is 32.3 Å². The Morgan fingerprint density at radius 3 is 2.41 bits per heavy atom. The van der Waals surface area contributed by atoms with Crippen LogP contribution in [-0.2, 0) is 11.2 Å². The van der Waals surface area contributed by atoms with Crippen molar-refractivity contribution >= 4 is 12.4 Å². The number of rotatable bonds is 7. The summed E-state index contributed by atoms with van der Waals surface area (Å²) in [6, 6.07) is 10.8. The number of aliphatic hydroxyl groups is 1. The van der Waals surface area contributed by atoms with E-state index in [0.717, 1.165) is 25.6 Å². The van der Waals surface area contributed by atoms with Gasteiger partial charge in [-0.3, -0.25) is 0 Å². The highest BCUT2D eigenvalue weighted by Crippen LogP contribution is 2.21. The van der Waals surface area contributed by atoms with Gasteiger partial charge in [-0.05, 0) is 57.7 Å². The highest BCUT2D eigenvalue weighted by Gasteiger charge is 2.21. The lowest BCUT2D eigenvalue weighted by Crippen LogP contribution is -2.40. The number of piperidine rings is 1. The number of hydrogen-bond donors (Lipinski definition) is 1. The van der Waals surface area contributed by atoms with Gasteiger partial charge < -0.3 is 14.7 Å². The van der Waals surface area contributed by atoms with Crippen molar-refractivity contribution in [2.45, 2.75) is 45.3 Å². The summed E-state index contributed by atoms with van der Waals surface area (Å²) in [4.78, 5) is 2.37. The van der Waals surface area contributed by atoms with E-state index in [4.69, 9.17) is 4.74 Å². The zero-order valence-electron chi connectivity index (χ0n) is 13.8. The predicted octanol–water partition coefficient (Wildman–Crippen LogP) is 3.15. The molecule has 3 nitrogen and oxygen atoms in total. The second kappa shape index (κ2) is 10.2. The molecule has 1 fully saturated rings. The molecule has 1 aliphatic rings. The lowest BCUT2D eigenvalue weighted by atomic mass is 9.90. The van der Waals surface area contributed by atoms with Gasteiger partial charge >= 0.3 is 0 Å². The fraction of sp³-hybridized carbons (Fsp3) is 0.667. The van der Waals surface area contributed by atoms with Crippen LogP contribution >= 0.6 is 12.4 Å². The first-order chi connectivity index (χ1) is 10.1. The number of ether oxygens (including phenoxy) is 1. The van der Waals surface area contributed by atoms with Crippen molar-refractivity contribution in [3.63, 3.8) is 0 Å². The number of benzene rings is 1. The van der Waals surface area contributed by atoms with Gasteiger partial charge in [0.25, 0.3) is 0 Å². The Morgan fingerprint density at radius 2 is 1.82 bits per heavy atom. The molecule has 0 spiro atoms. The summed E-state index contributed by atoms with van der Waals surface area (Å²) in [6.45, 7) is 7.38. The molecule has 0 aromatic heterocycles. The van der Waals surface area contributed by atoms with Crippen molar-refractivity contribution in [1.29, 1.82) is 0 Å². The molecular formula is C18H30ClNO2. The van der Waals surface area contributed by atoms with Crippen LogP contribution < -0.4 is 0 Å². The molecule has 0 amide bonds. The van der Waals surface area contributed by atoms with Gasteiger partial charge in [0.15, 0.2) is 0 Å². The van der Waals surface area contributed by atoms with E-state index < -0.39 is 0 Å². The van der Waals surface area contributed by atoms with E-state index in [0.29, 0.717) is 6.61 Å². The maximum absolute atomic E-state index is 9.98.